The maximum Gasteiger partial charge on any atom is 0.265 e. The molecule has 18 heavy (non-hydrogen) atoms. The molecule has 2 rings (SSSR count). The number of carbonyl (C=O) groups is 2. The summed E-state index contributed by atoms with van der Waals surface area (Å²) in [5.74, 6) is 0.00699. The summed E-state index contributed by atoms with van der Waals surface area (Å²) in [6.07, 6.45) is 0.710. The zero-order chi connectivity index (χ0) is 13.3. The van der Waals surface area contributed by atoms with E-state index in [-0.39, 0.29) is 11.8 Å². The van der Waals surface area contributed by atoms with Crippen LogP contribution >= 0.6 is 27.3 Å². The van der Waals surface area contributed by atoms with E-state index in [9.17, 15) is 9.59 Å². The normalized spacial score (nSPS) is 23.2. The molecule has 1 fully saturated rings. The highest BCUT2D eigenvalue weighted by atomic mass is 79.9. The van der Waals surface area contributed by atoms with Crippen LogP contribution in [-0.4, -0.2) is 36.9 Å². The molecule has 0 aromatic carbocycles. The minimum Gasteiger partial charge on any atom is -0.359 e. The highest BCUT2D eigenvalue weighted by Crippen LogP contribution is 2.33. The van der Waals surface area contributed by atoms with Crippen molar-refractivity contribution >= 4 is 39.1 Å². The monoisotopic (exact) mass is 330 g/mol. The molecular weight excluding hydrogens is 316 g/mol. The molecule has 1 N–H and O–H groups in total. The molecule has 2 amide bonds. The summed E-state index contributed by atoms with van der Waals surface area (Å²) in [4.78, 5) is 26.6. The molecule has 1 unspecified atom stereocenters. The maximum atomic E-state index is 12.3. The highest BCUT2D eigenvalue weighted by Gasteiger charge is 2.42. The smallest absolute Gasteiger partial charge is 0.265 e. The number of likely N-dealkylation sites (tertiary alicyclic amines) is 1. The predicted octanol–water partition coefficient (Wildman–Crippen LogP) is 2.11. The molecule has 4 nitrogen and oxygen atoms in total. The van der Waals surface area contributed by atoms with Crippen LogP contribution in [-0.2, 0) is 4.79 Å². The number of rotatable bonds is 2. The van der Waals surface area contributed by atoms with Crippen LogP contribution in [0, 0.1) is 5.41 Å². The molecular formula is C12H15BrN2O2S. The van der Waals surface area contributed by atoms with Crippen LogP contribution in [0.1, 0.15) is 23.0 Å². The fourth-order valence-electron chi connectivity index (χ4n) is 2.21. The summed E-state index contributed by atoms with van der Waals surface area (Å²) >= 11 is 4.79. The Kier molecular flexibility index (Phi) is 3.77. The number of thiophene rings is 1. The number of halogens is 1. The van der Waals surface area contributed by atoms with E-state index in [0.717, 1.165) is 4.47 Å². The first kappa shape index (κ1) is 13.5. The number of hydrogen-bond donors (Lipinski definition) is 1. The van der Waals surface area contributed by atoms with Gasteiger partial charge in [-0.15, -0.1) is 11.3 Å². The highest BCUT2D eigenvalue weighted by molar-refractivity contribution is 9.10. The van der Waals surface area contributed by atoms with Gasteiger partial charge in [0.2, 0.25) is 5.91 Å². The summed E-state index contributed by atoms with van der Waals surface area (Å²) in [7, 11) is 1.63. The lowest BCUT2D eigenvalue weighted by Crippen LogP contribution is -2.40. The number of nitrogens with zero attached hydrogens (tertiary/aromatic N) is 1. The van der Waals surface area contributed by atoms with Gasteiger partial charge in [-0.2, -0.15) is 0 Å². The standard InChI is InChI=1S/C12H15BrN2O2S/c1-12(11(17)14-2)4-5-15(7-12)10(16)9-8(13)3-6-18-9/h3,6H,4-5,7H2,1-2H3,(H,14,17). The molecule has 0 spiro atoms. The van der Waals surface area contributed by atoms with E-state index < -0.39 is 5.41 Å². The quantitative estimate of drug-likeness (QED) is 0.902. The Labute approximate surface area is 118 Å². The molecule has 1 aromatic rings. The molecule has 1 atom stereocenters. The van der Waals surface area contributed by atoms with Gasteiger partial charge in [0.15, 0.2) is 0 Å². The van der Waals surface area contributed by atoms with Gasteiger partial charge in [-0.1, -0.05) is 0 Å². The van der Waals surface area contributed by atoms with Crippen molar-refractivity contribution in [1.82, 2.24) is 10.2 Å². The van der Waals surface area contributed by atoms with E-state index in [1.807, 2.05) is 18.4 Å². The molecule has 1 aromatic heterocycles. The van der Waals surface area contributed by atoms with E-state index in [1.54, 1.807) is 11.9 Å². The van der Waals surface area contributed by atoms with Gasteiger partial charge >= 0.3 is 0 Å². The van der Waals surface area contributed by atoms with Crippen molar-refractivity contribution < 1.29 is 9.59 Å². The van der Waals surface area contributed by atoms with Crippen LogP contribution in [0.2, 0.25) is 0 Å². The minimum absolute atomic E-state index is 0.00282. The van der Waals surface area contributed by atoms with Gasteiger partial charge in [0.25, 0.3) is 5.91 Å². The first-order chi connectivity index (χ1) is 8.48. The fraction of sp³-hybridized carbons (Fsp3) is 0.500. The van der Waals surface area contributed by atoms with Crippen molar-refractivity contribution in [3.05, 3.63) is 20.8 Å². The largest absolute Gasteiger partial charge is 0.359 e. The molecule has 1 aliphatic heterocycles. The zero-order valence-corrected chi connectivity index (χ0v) is 12.7. The summed E-state index contributed by atoms with van der Waals surface area (Å²) in [5, 5.41) is 4.55. The van der Waals surface area contributed by atoms with Crippen molar-refractivity contribution in [2.75, 3.05) is 20.1 Å². The summed E-state index contributed by atoms with van der Waals surface area (Å²) in [5.41, 5.74) is -0.464. The van der Waals surface area contributed by atoms with Crippen molar-refractivity contribution in [2.45, 2.75) is 13.3 Å². The van der Waals surface area contributed by atoms with Crippen LogP contribution in [0.25, 0.3) is 0 Å². The fourth-order valence-corrected chi connectivity index (χ4v) is 3.72. The Morgan fingerprint density at radius 2 is 2.28 bits per heavy atom. The molecule has 98 valence electrons. The average Bonchev–Trinajstić information content (AvgIpc) is 2.95. The predicted molar refractivity (Wildman–Crippen MR) is 74.7 cm³/mol. The molecule has 0 radical (unpaired) electrons. The average molecular weight is 331 g/mol. The van der Waals surface area contributed by atoms with Gasteiger partial charge in [0.05, 0.1) is 5.41 Å². The van der Waals surface area contributed by atoms with Gasteiger partial charge in [-0.05, 0) is 40.7 Å². The number of nitrogens with one attached hydrogen (secondary N) is 1. The van der Waals surface area contributed by atoms with E-state index in [4.69, 9.17) is 0 Å². The lowest BCUT2D eigenvalue weighted by Gasteiger charge is -2.22. The summed E-state index contributed by atoms with van der Waals surface area (Å²) < 4.78 is 0.825. The molecule has 6 heteroatoms. The Morgan fingerprint density at radius 1 is 1.56 bits per heavy atom. The third-order valence-electron chi connectivity index (χ3n) is 3.35. The number of hydrogen-bond acceptors (Lipinski definition) is 3. The molecule has 2 heterocycles. The molecule has 1 saturated heterocycles. The van der Waals surface area contributed by atoms with Gasteiger partial charge < -0.3 is 10.2 Å². The van der Waals surface area contributed by atoms with Crippen LogP contribution < -0.4 is 5.32 Å². The third-order valence-corrected chi connectivity index (χ3v) is 5.17. The van der Waals surface area contributed by atoms with Gasteiger partial charge in [-0.3, -0.25) is 9.59 Å². The minimum atomic E-state index is -0.464. The Morgan fingerprint density at radius 3 is 2.83 bits per heavy atom. The second kappa shape index (κ2) is 5.01. The van der Waals surface area contributed by atoms with Crippen LogP contribution in [0.5, 0.6) is 0 Å². The Hall–Kier alpha value is -0.880. The van der Waals surface area contributed by atoms with Gasteiger partial charge in [-0.25, -0.2) is 0 Å². The zero-order valence-electron chi connectivity index (χ0n) is 10.3. The van der Waals surface area contributed by atoms with Crippen LogP contribution in [0.15, 0.2) is 15.9 Å². The topological polar surface area (TPSA) is 49.4 Å². The molecule has 0 aliphatic carbocycles. The third kappa shape index (κ3) is 2.31. The van der Waals surface area contributed by atoms with Crippen LogP contribution in [0.4, 0.5) is 0 Å². The van der Waals surface area contributed by atoms with E-state index in [2.05, 4.69) is 21.2 Å². The number of amides is 2. The van der Waals surface area contributed by atoms with Crippen molar-refractivity contribution in [2.24, 2.45) is 5.41 Å². The Bertz CT molecular complexity index is 488. The first-order valence-electron chi connectivity index (χ1n) is 5.72. The van der Waals surface area contributed by atoms with E-state index >= 15 is 0 Å². The summed E-state index contributed by atoms with van der Waals surface area (Å²) in [6, 6.07) is 1.87. The SMILES string of the molecule is CNC(=O)C1(C)CCN(C(=O)c2sccc2Br)C1. The lowest BCUT2D eigenvalue weighted by molar-refractivity contribution is -0.128. The van der Waals surface area contributed by atoms with Crippen molar-refractivity contribution in [3.8, 4) is 0 Å². The molecule has 0 saturated carbocycles. The van der Waals surface area contributed by atoms with Gasteiger partial charge in [0, 0.05) is 24.6 Å². The molecule has 1 aliphatic rings. The number of carbonyl (C=O) groups excluding carboxylic acids is 2. The van der Waals surface area contributed by atoms with E-state index in [0.29, 0.717) is 24.4 Å². The first-order valence-corrected chi connectivity index (χ1v) is 7.39. The lowest BCUT2D eigenvalue weighted by atomic mass is 9.89. The molecule has 0 bridgehead atoms. The van der Waals surface area contributed by atoms with E-state index in [1.165, 1.54) is 11.3 Å². The maximum absolute atomic E-state index is 12.3. The van der Waals surface area contributed by atoms with Gasteiger partial charge in [0.1, 0.15) is 4.88 Å². The second-order valence-electron chi connectivity index (χ2n) is 4.71. The van der Waals surface area contributed by atoms with Crippen molar-refractivity contribution in [1.29, 1.82) is 0 Å². The Balaban J connectivity index is 2.12. The van der Waals surface area contributed by atoms with Crippen molar-refractivity contribution in [3.63, 3.8) is 0 Å². The summed E-state index contributed by atoms with van der Waals surface area (Å²) in [6.45, 7) is 3.02. The second-order valence-corrected chi connectivity index (χ2v) is 6.48. The van der Waals surface area contributed by atoms with Crippen LogP contribution in [0.3, 0.4) is 0 Å².